The molecule has 0 bridgehead atoms. The smallest absolute Gasteiger partial charge is 0.252 e. The van der Waals surface area contributed by atoms with Crippen LogP contribution in [0.1, 0.15) is 24.1 Å². The molecule has 136 valence electrons. The molecule has 6 nitrogen and oxygen atoms in total. The summed E-state index contributed by atoms with van der Waals surface area (Å²) in [6.45, 7) is 2.72. The molecule has 2 aromatic rings. The second-order valence-corrected chi connectivity index (χ2v) is 6.48. The van der Waals surface area contributed by atoms with Crippen LogP contribution < -0.4 is 5.43 Å². The normalized spacial score (nSPS) is 18.2. The summed E-state index contributed by atoms with van der Waals surface area (Å²) in [7, 11) is 1.72. The second-order valence-electron chi connectivity index (χ2n) is 6.48. The van der Waals surface area contributed by atoms with Crippen LogP contribution in [-0.2, 0) is 16.1 Å². The van der Waals surface area contributed by atoms with Crippen molar-refractivity contribution in [3.8, 4) is 0 Å². The van der Waals surface area contributed by atoms with Gasteiger partial charge in [0.15, 0.2) is 0 Å². The number of amides is 2. The molecule has 1 fully saturated rings. The predicted molar refractivity (Wildman–Crippen MR) is 99.3 cm³/mol. The van der Waals surface area contributed by atoms with Gasteiger partial charge in [-0.3, -0.25) is 20.0 Å². The van der Waals surface area contributed by atoms with Crippen LogP contribution in [0, 0.1) is 0 Å². The summed E-state index contributed by atoms with van der Waals surface area (Å²) in [5.74, 6) is -0.202. The van der Waals surface area contributed by atoms with Gasteiger partial charge in [-0.2, -0.15) is 0 Å². The first-order valence-electron chi connectivity index (χ1n) is 8.71. The van der Waals surface area contributed by atoms with Gasteiger partial charge in [0.1, 0.15) is 0 Å². The maximum absolute atomic E-state index is 12.7. The molecule has 0 unspecified atom stereocenters. The molecular weight excluding hydrogens is 328 g/mol. The van der Waals surface area contributed by atoms with E-state index < -0.39 is 0 Å². The number of benzene rings is 2. The van der Waals surface area contributed by atoms with Crippen molar-refractivity contribution in [1.82, 2.24) is 20.5 Å². The number of hydrogen-bond donors (Lipinski definition) is 1. The fourth-order valence-electron chi connectivity index (χ4n) is 3.11. The van der Waals surface area contributed by atoms with Gasteiger partial charge in [-0.1, -0.05) is 60.7 Å². The highest BCUT2D eigenvalue weighted by Crippen LogP contribution is 2.22. The van der Waals surface area contributed by atoms with Crippen LogP contribution in [0.3, 0.4) is 0 Å². The monoisotopic (exact) mass is 352 g/mol. The minimum absolute atomic E-state index is 0.0660. The zero-order valence-electron chi connectivity index (χ0n) is 15.1. The Hall–Kier alpha value is -2.70. The fourth-order valence-corrected chi connectivity index (χ4v) is 3.11. The third-order valence-corrected chi connectivity index (χ3v) is 4.61. The Kier molecular flexibility index (Phi) is 5.65. The van der Waals surface area contributed by atoms with Crippen LogP contribution in [0.4, 0.5) is 0 Å². The van der Waals surface area contributed by atoms with E-state index in [1.165, 1.54) is 0 Å². The van der Waals surface area contributed by atoms with E-state index in [2.05, 4.69) is 5.43 Å². The van der Waals surface area contributed by atoms with E-state index in [-0.39, 0.29) is 30.9 Å². The molecular formula is C20H24N4O2. The zero-order valence-corrected chi connectivity index (χ0v) is 15.1. The minimum Gasteiger partial charge on any atom is -0.287 e. The molecule has 0 aromatic heterocycles. The first-order chi connectivity index (χ1) is 12.5. The van der Waals surface area contributed by atoms with Crippen molar-refractivity contribution in [1.29, 1.82) is 0 Å². The molecule has 1 aliphatic heterocycles. The van der Waals surface area contributed by atoms with Crippen LogP contribution in [-0.4, -0.2) is 47.0 Å². The lowest BCUT2D eigenvalue weighted by Crippen LogP contribution is -2.58. The molecule has 0 spiro atoms. The Morgan fingerprint density at radius 2 is 1.58 bits per heavy atom. The van der Waals surface area contributed by atoms with Gasteiger partial charge in [0.25, 0.3) is 5.91 Å². The van der Waals surface area contributed by atoms with Gasteiger partial charge in [0, 0.05) is 13.6 Å². The van der Waals surface area contributed by atoms with Gasteiger partial charge in [-0.15, -0.1) is 0 Å². The average molecular weight is 352 g/mol. The number of likely N-dealkylation sites (N-methyl/N-ethyl adjacent to an activating group) is 1. The molecule has 0 saturated carbocycles. The standard InChI is InChI=1S/C20H24N4O2/c1-16(18-11-7-4-8-12-18)24-14-19(25)21-23(15-20(26)22(24)2)13-17-9-5-3-6-10-17/h3-12,16H,13-15H2,1-2H3,(H,21,25)/t16-/m0/s1. The quantitative estimate of drug-likeness (QED) is 0.914. The molecule has 2 aromatic carbocycles. The average Bonchev–Trinajstić information content (AvgIpc) is 2.65. The third-order valence-electron chi connectivity index (χ3n) is 4.61. The Morgan fingerprint density at radius 1 is 0.962 bits per heavy atom. The van der Waals surface area contributed by atoms with Gasteiger partial charge in [0.2, 0.25) is 5.91 Å². The molecule has 1 aliphatic rings. The molecule has 0 radical (unpaired) electrons. The summed E-state index contributed by atoms with van der Waals surface area (Å²) in [6.07, 6.45) is 0. The van der Waals surface area contributed by atoms with E-state index in [1.54, 1.807) is 22.1 Å². The largest absolute Gasteiger partial charge is 0.287 e. The van der Waals surface area contributed by atoms with Crippen molar-refractivity contribution >= 4 is 11.8 Å². The van der Waals surface area contributed by atoms with E-state index in [9.17, 15) is 9.59 Å². The molecule has 0 aliphatic carbocycles. The third kappa shape index (κ3) is 4.28. The summed E-state index contributed by atoms with van der Waals surface area (Å²) < 4.78 is 0. The molecule has 2 amide bonds. The van der Waals surface area contributed by atoms with Crippen LogP contribution in [0.15, 0.2) is 60.7 Å². The van der Waals surface area contributed by atoms with Crippen LogP contribution >= 0.6 is 0 Å². The van der Waals surface area contributed by atoms with Gasteiger partial charge in [-0.25, -0.2) is 10.0 Å². The molecule has 1 N–H and O–H groups in total. The number of carbonyl (C=O) groups is 2. The van der Waals surface area contributed by atoms with E-state index >= 15 is 0 Å². The van der Waals surface area contributed by atoms with Crippen LogP contribution in [0.2, 0.25) is 0 Å². The van der Waals surface area contributed by atoms with Crippen molar-refractivity contribution in [2.45, 2.75) is 19.5 Å². The van der Waals surface area contributed by atoms with Gasteiger partial charge >= 0.3 is 0 Å². The molecule has 1 saturated heterocycles. The maximum atomic E-state index is 12.7. The van der Waals surface area contributed by atoms with Gasteiger partial charge in [0.05, 0.1) is 19.1 Å². The lowest BCUT2D eigenvalue weighted by molar-refractivity contribution is -0.161. The van der Waals surface area contributed by atoms with Crippen LogP contribution in [0.5, 0.6) is 0 Å². The van der Waals surface area contributed by atoms with E-state index in [4.69, 9.17) is 0 Å². The molecule has 1 heterocycles. The van der Waals surface area contributed by atoms with Gasteiger partial charge in [-0.05, 0) is 18.1 Å². The fraction of sp³-hybridized carbons (Fsp3) is 0.300. The first kappa shape index (κ1) is 18.1. The summed E-state index contributed by atoms with van der Waals surface area (Å²) >= 11 is 0. The zero-order chi connectivity index (χ0) is 18.5. The number of nitrogens with one attached hydrogen (secondary N) is 1. The van der Waals surface area contributed by atoms with Crippen molar-refractivity contribution in [2.24, 2.45) is 0 Å². The predicted octanol–water partition coefficient (Wildman–Crippen LogP) is 1.97. The van der Waals surface area contributed by atoms with Crippen molar-refractivity contribution in [3.05, 3.63) is 71.8 Å². The van der Waals surface area contributed by atoms with Gasteiger partial charge < -0.3 is 0 Å². The van der Waals surface area contributed by atoms with Crippen molar-refractivity contribution in [3.63, 3.8) is 0 Å². The Morgan fingerprint density at radius 3 is 2.23 bits per heavy atom. The summed E-state index contributed by atoms with van der Waals surface area (Å²) in [5, 5.41) is 5.03. The summed E-state index contributed by atoms with van der Waals surface area (Å²) in [6, 6.07) is 19.6. The number of carbonyl (C=O) groups excluding carboxylic acids is 2. The maximum Gasteiger partial charge on any atom is 0.252 e. The molecule has 6 heteroatoms. The number of hydrazine groups is 2. The number of nitrogens with zero attached hydrogens (tertiary/aromatic N) is 3. The topological polar surface area (TPSA) is 55.9 Å². The molecule has 26 heavy (non-hydrogen) atoms. The highest BCUT2D eigenvalue weighted by Gasteiger charge is 2.30. The van der Waals surface area contributed by atoms with Crippen LogP contribution in [0.25, 0.3) is 0 Å². The van der Waals surface area contributed by atoms with Crippen molar-refractivity contribution < 1.29 is 9.59 Å². The highest BCUT2D eigenvalue weighted by atomic mass is 16.2. The number of rotatable bonds is 4. The van der Waals surface area contributed by atoms with E-state index in [0.29, 0.717) is 6.54 Å². The lowest BCUT2D eigenvalue weighted by Gasteiger charge is -2.39. The summed E-state index contributed by atoms with van der Waals surface area (Å²) in [5.41, 5.74) is 4.96. The van der Waals surface area contributed by atoms with Crippen molar-refractivity contribution in [2.75, 3.05) is 20.1 Å². The lowest BCUT2D eigenvalue weighted by atomic mass is 10.1. The minimum atomic E-state index is -0.136. The molecule has 1 atom stereocenters. The Balaban J connectivity index is 1.74. The number of hydrogen-bond acceptors (Lipinski definition) is 4. The van der Waals surface area contributed by atoms with E-state index in [1.807, 2.05) is 67.6 Å². The SMILES string of the molecule is C[C@@H](c1ccccc1)N1CC(=O)NN(Cc2ccccc2)CC(=O)N1C. The Labute approximate surface area is 153 Å². The summed E-state index contributed by atoms with van der Waals surface area (Å²) in [4.78, 5) is 25.2. The first-order valence-corrected chi connectivity index (χ1v) is 8.71. The molecule has 3 rings (SSSR count). The second kappa shape index (κ2) is 8.12. The van der Waals surface area contributed by atoms with E-state index in [0.717, 1.165) is 11.1 Å². The highest BCUT2D eigenvalue weighted by molar-refractivity contribution is 5.82. The Bertz CT molecular complexity index is 751.